The Morgan fingerprint density at radius 3 is 2.77 bits per heavy atom. The number of carbonyl (C=O) groups is 1. The summed E-state index contributed by atoms with van der Waals surface area (Å²) in [6.07, 6.45) is 5.07. The monoisotopic (exact) mass is 353 g/mol. The van der Waals surface area contributed by atoms with E-state index in [1.165, 1.54) is 0 Å². The molecule has 0 aromatic carbocycles. The van der Waals surface area contributed by atoms with Gasteiger partial charge in [-0.05, 0) is 25.0 Å². The van der Waals surface area contributed by atoms with E-state index in [1.807, 2.05) is 36.0 Å². The lowest BCUT2D eigenvalue weighted by molar-refractivity contribution is -0.136. The summed E-state index contributed by atoms with van der Waals surface area (Å²) in [7, 11) is 3.98. The van der Waals surface area contributed by atoms with E-state index in [-0.39, 0.29) is 11.8 Å². The second-order valence-electron chi connectivity index (χ2n) is 7.00. The molecule has 2 aliphatic heterocycles. The number of aromatic nitrogens is 3. The summed E-state index contributed by atoms with van der Waals surface area (Å²) in [5, 5.41) is 0. The minimum absolute atomic E-state index is 0.00799. The third-order valence-corrected chi connectivity index (χ3v) is 5.00. The molecule has 2 aliphatic rings. The largest absolute Gasteiger partial charge is 0.381 e. The smallest absolute Gasteiger partial charge is 0.228 e. The Morgan fingerprint density at radius 2 is 2.08 bits per heavy atom. The Bertz CT molecular complexity index is 803. The molecule has 0 spiro atoms. The number of hydrogen-bond donors (Lipinski definition) is 0. The molecule has 1 saturated heterocycles. The summed E-state index contributed by atoms with van der Waals surface area (Å²) in [5.41, 5.74) is 3.01. The SMILES string of the molecule is CN(C)c1nc(-c2ccncc2)nc2c1CCN(C(=O)[C@@H]1CCOC1)C2. The van der Waals surface area contributed by atoms with Crippen molar-refractivity contribution in [3.05, 3.63) is 35.8 Å². The molecular formula is C19H23N5O2. The van der Waals surface area contributed by atoms with Crippen molar-refractivity contribution in [3.63, 3.8) is 0 Å². The molecule has 1 fully saturated rings. The van der Waals surface area contributed by atoms with Gasteiger partial charge in [0.25, 0.3) is 0 Å². The fourth-order valence-corrected chi connectivity index (χ4v) is 3.59. The van der Waals surface area contributed by atoms with Crippen LogP contribution in [0, 0.1) is 5.92 Å². The molecule has 0 aliphatic carbocycles. The second kappa shape index (κ2) is 6.99. The number of ether oxygens (including phenoxy) is 1. The lowest BCUT2D eigenvalue weighted by atomic mass is 10.0. The standard InChI is InChI=1S/C19H23N5O2/c1-23(2)18-15-5-9-24(19(25)14-6-10-26-12-14)11-16(15)21-17(22-18)13-3-7-20-8-4-13/h3-4,7-8,14H,5-6,9-12H2,1-2H3/t14-/m1/s1. The van der Waals surface area contributed by atoms with Gasteiger partial charge in [-0.3, -0.25) is 9.78 Å². The van der Waals surface area contributed by atoms with Crippen LogP contribution in [0.5, 0.6) is 0 Å². The van der Waals surface area contributed by atoms with Crippen LogP contribution in [-0.4, -0.2) is 59.6 Å². The third-order valence-electron chi connectivity index (χ3n) is 5.00. The van der Waals surface area contributed by atoms with Crippen LogP contribution in [0.2, 0.25) is 0 Å². The molecule has 1 atom stereocenters. The average Bonchev–Trinajstić information content (AvgIpc) is 3.21. The molecule has 1 amide bonds. The van der Waals surface area contributed by atoms with E-state index in [4.69, 9.17) is 14.7 Å². The van der Waals surface area contributed by atoms with E-state index in [0.29, 0.717) is 32.1 Å². The third kappa shape index (κ3) is 3.14. The molecule has 7 heteroatoms. The lowest BCUT2D eigenvalue weighted by Gasteiger charge is -2.32. The normalized spacial score (nSPS) is 19.3. The minimum Gasteiger partial charge on any atom is -0.381 e. The molecule has 4 heterocycles. The summed E-state index contributed by atoms with van der Waals surface area (Å²) >= 11 is 0. The number of anilines is 1. The zero-order chi connectivity index (χ0) is 18.1. The van der Waals surface area contributed by atoms with Crippen molar-refractivity contribution in [1.29, 1.82) is 0 Å². The molecule has 4 rings (SSSR count). The maximum Gasteiger partial charge on any atom is 0.228 e. The summed E-state index contributed by atoms with van der Waals surface area (Å²) < 4.78 is 5.38. The first-order valence-corrected chi connectivity index (χ1v) is 8.97. The Kier molecular flexibility index (Phi) is 4.55. The second-order valence-corrected chi connectivity index (χ2v) is 7.00. The van der Waals surface area contributed by atoms with Crippen LogP contribution in [-0.2, 0) is 22.5 Å². The van der Waals surface area contributed by atoms with Crippen LogP contribution in [0.15, 0.2) is 24.5 Å². The number of hydrogen-bond acceptors (Lipinski definition) is 6. The van der Waals surface area contributed by atoms with Crippen molar-refractivity contribution in [2.24, 2.45) is 5.92 Å². The van der Waals surface area contributed by atoms with Gasteiger partial charge in [0, 0.05) is 50.8 Å². The summed E-state index contributed by atoms with van der Waals surface area (Å²) in [4.78, 5) is 30.3. The van der Waals surface area contributed by atoms with Gasteiger partial charge in [0.05, 0.1) is 24.8 Å². The predicted octanol–water partition coefficient (Wildman–Crippen LogP) is 1.53. The van der Waals surface area contributed by atoms with Gasteiger partial charge < -0.3 is 14.5 Å². The number of nitrogens with zero attached hydrogens (tertiary/aromatic N) is 5. The fourth-order valence-electron chi connectivity index (χ4n) is 3.59. The Morgan fingerprint density at radius 1 is 1.27 bits per heavy atom. The first kappa shape index (κ1) is 16.9. The maximum atomic E-state index is 12.8. The first-order valence-electron chi connectivity index (χ1n) is 8.97. The highest BCUT2D eigenvalue weighted by atomic mass is 16.5. The van der Waals surface area contributed by atoms with Gasteiger partial charge in [0.1, 0.15) is 5.82 Å². The summed E-state index contributed by atoms with van der Waals surface area (Å²) in [6.45, 7) is 2.46. The van der Waals surface area contributed by atoms with Gasteiger partial charge in [0.15, 0.2) is 5.82 Å². The van der Waals surface area contributed by atoms with Crippen molar-refractivity contribution in [3.8, 4) is 11.4 Å². The number of rotatable bonds is 3. The summed E-state index contributed by atoms with van der Waals surface area (Å²) in [6, 6.07) is 3.81. The average molecular weight is 353 g/mol. The van der Waals surface area contributed by atoms with Crippen molar-refractivity contribution in [1.82, 2.24) is 19.9 Å². The zero-order valence-electron chi connectivity index (χ0n) is 15.2. The van der Waals surface area contributed by atoms with E-state index in [9.17, 15) is 4.79 Å². The molecule has 7 nitrogen and oxygen atoms in total. The van der Waals surface area contributed by atoms with Crippen LogP contribution in [0.3, 0.4) is 0 Å². The van der Waals surface area contributed by atoms with E-state index >= 15 is 0 Å². The quantitative estimate of drug-likeness (QED) is 0.833. The van der Waals surface area contributed by atoms with E-state index in [1.54, 1.807) is 12.4 Å². The minimum atomic E-state index is -0.00799. The van der Waals surface area contributed by atoms with Gasteiger partial charge in [0.2, 0.25) is 5.91 Å². The molecule has 0 radical (unpaired) electrons. The van der Waals surface area contributed by atoms with Gasteiger partial charge in [-0.25, -0.2) is 9.97 Å². The first-order chi connectivity index (χ1) is 12.6. The fraction of sp³-hybridized carbons (Fsp3) is 0.474. The lowest BCUT2D eigenvalue weighted by Crippen LogP contribution is -2.41. The molecule has 0 unspecified atom stereocenters. The molecule has 26 heavy (non-hydrogen) atoms. The Hall–Kier alpha value is -2.54. The van der Waals surface area contributed by atoms with Gasteiger partial charge >= 0.3 is 0 Å². The number of amides is 1. The van der Waals surface area contributed by atoms with Gasteiger partial charge in [-0.15, -0.1) is 0 Å². The molecular weight excluding hydrogens is 330 g/mol. The highest BCUT2D eigenvalue weighted by molar-refractivity contribution is 5.79. The van der Waals surface area contributed by atoms with Crippen LogP contribution in [0.4, 0.5) is 5.82 Å². The van der Waals surface area contributed by atoms with E-state index in [2.05, 4.69) is 4.98 Å². The van der Waals surface area contributed by atoms with Crippen molar-refractivity contribution in [2.75, 3.05) is 38.8 Å². The highest BCUT2D eigenvalue weighted by Crippen LogP contribution is 2.29. The maximum absolute atomic E-state index is 12.8. The topological polar surface area (TPSA) is 71.5 Å². The molecule has 0 saturated carbocycles. The Labute approximate surface area is 153 Å². The number of fused-ring (bicyclic) bond motifs is 1. The van der Waals surface area contributed by atoms with Crippen LogP contribution in [0.1, 0.15) is 17.7 Å². The highest BCUT2D eigenvalue weighted by Gasteiger charge is 2.32. The molecule has 2 aromatic rings. The van der Waals surface area contributed by atoms with Crippen LogP contribution in [0.25, 0.3) is 11.4 Å². The van der Waals surface area contributed by atoms with Crippen molar-refractivity contribution < 1.29 is 9.53 Å². The van der Waals surface area contributed by atoms with Crippen molar-refractivity contribution >= 4 is 11.7 Å². The van der Waals surface area contributed by atoms with Crippen molar-refractivity contribution in [2.45, 2.75) is 19.4 Å². The predicted molar refractivity (Wildman–Crippen MR) is 97.6 cm³/mol. The van der Waals surface area contributed by atoms with E-state index in [0.717, 1.165) is 35.5 Å². The molecule has 136 valence electrons. The molecule has 2 aromatic heterocycles. The van der Waals surface area contributed by atoms with Crippen LogP contribution < -0.4 is 4.90 Å². The summed E-state index contributed by atoms with van der Waals surface area (Å²) in [5.74, 6) is 1.78. The molecule has 0 N–H and O–H groups in total. The van der Waals surface area contributed by atoms with Gasteiger partial charge in [-0.1, -0.05) is 0 Å². The Balaban J connectivity index is 1.68. The van der Waals surface area contributed by atoms with Gasteiger partial charge in [-0.2, -0.15) is 0 Å². The number of carbonyl (C=O) groups excluding carboxylic acids is 1. The zero-order valence-corrected chi connectivity index (χ0v) is 15.2. The van der Waals surface area contributed by atoms with Crippen LogP contribution >= 0.6 is 0 Å². The number of pyridine rings is 1. The van der Waals surface area contributed by atoms with E-state index < -0.39 is 0 Å². The molecule has 0 bridgehead atoms.